The molecule has 0 N–H and O–H groups in total. The second kappa shape index (κ2) is 13.3. The van der Waals surface area contributed by atoms with Gasteiger partial charge in [-0.15, -0.1) is 0 Å². The van der Waals surface area contributed by atoms with Crippen LogP contribution in [0, 0.1) is 71.0 Å². The highest BCUT2D eigenvalue weighted by Gasteiger charge is 2.71. The molecule has 11 rings (SSSR count). The Bertz CT molecular complexity index is 1530. The van der Waals surface area contributed by atoms with E-state index in [0.29, 0.717) is 23.7 Å². The van der Waals surface area contributed by atoms with Gasteiger partial charge >= 0.3 is 0 Å². The van der Waals surface area contributed by atoms with E-state index in [-0.39, 0.29) is 36.9 Å². The number of benzene rings is 1. The predicted molar refractivity (Wildman–Crippen MR) is 186 cm³/mol. The highest BCUT2D eigenvalue weighted by Crippen LogP contribution is 2.62. The standard InChI is InChI=1S/C42H54O10/c1-25-14-16-33-27(3)35(45-37-41(33)31(25)18-20-39(5,47-37)49-51-41)43-22-8-12-29-10-7-11-30(24-29)13-9-23-44-36-28(4)34-17-15-26(2)32-19-21-40(6)48-38(46-36)42(32,34)52-50-40/h7,10-11,24-28,31-38H,14-23H2,1-6H3/t25-,26-,27-,28-,31+,32+,33+,34+,35+,36+,37-,38-,39-,40-,41-,42-/m1/s1. The van der Waals surface area contributed by atoms with Crippen molar-refractivity contribution in [2.45, 2.75) is 141 Å². The minimum atomic E-state index is -0.807. The Kier molecular flexibility index (Phi) is 9.12. The summed E-state index contributed by atoms with van der Waals surface area (Å²) in [7, 11) is 0. The highest BCUT2D eigenvalue weighted by atomic mass is 17.3. The van der Waals surface area contributed by atoms with E-state index >= 15 is 0 Å². The fourth-order valence-corrected chi connectivity index (χ4v) is 11.3. The Balaban J connectivity index is 0.813. The van der Waals surface area contributed by atoms with Gasteiger partial charge in [0, 0.05) is 47.6 Å². The van der Waals surface area contributed by atoms with Crippen molar-refractivity contribution in [1.29, 1.82) is 0 Å². The zero-order valence-corrected chi connectivity index (χ0v) is 31.4. The Hall–Kier alpha value is -2.06. The summed E-state index contributed by atoms with van der Waals surface area (Å²) in [5, 5.41) is 0. The smallest absolute Gasteiger partial charge is 0.201 e. The SMILES string of the molecule is C[C@H]1[C@@H](OCC#Cc2cccc(C#CCO[C@H]3O[C@@H]4O[C@@]5(C)CC[C@H]6[C@H](C)CC[C@@H]([C@H]3C)[C@@]46OO5)c2)O[C@@H]2O[C@@]3(C)CC[C@H]4[C@H](C)CC[C@@H]1[C@@]24OO3. The third kappa shape index (κ3) is 5.72. The molecule has 2 saturated carbocycles. The Morgan fingerprint density at radius 3 is 1.54 bits per heavy atom. The van der Waals surface area contributed by atoms with Crippen molar-refractivity contribution in [2.75, 3.05) is 13.2 Å². The first-order valence-corrected chi connectivity index (χ1v) is 19.7. The lowest BCUT2D eigenvalue weighted by molar-refractivity contribution is -0.577. The van der Waals surface area contributed by atoms with Crippen molar-refractivity contribution in [3.05, 3.63) is 35.4 Å². The molecule has 10 heteroatoms. The monoisotopic (exact) mass is 718 g/mol. The number of ether oxygens (including phenoxy) is 6. The zero-order chi connectivity index (χ0) is 35.9. The molecule has 2 aliphatic carbocycles. The van der Waals surface area contributed by atoms with Gasteiger partial charge in [0.15, 0.2) is 36.4 Å². The first-order chi connectivity index (χ1) is 25.0. The molecule has 8 saturated heterocycles. The van der Waals surface area contributed by atoms with Gasteiger partial charge in [-0.3, -0.25) is 0 Å². The summed E-state index contributed by atoms with van der Waals surface area (Å²) in [5.41, 5.74) is 0.539. The first-order valence-electron chi connectivity index (χ1n) is 19.7. The average molecular weight is 719 g/mol. The lowest BCUT2D eigenvalue weighted by atomic mass is 9.58. The quantitative estimate of drug-likeness (QED) is 0.244. The van der Waals surface area contributed by atoms with Crippen molar-refractivity contribution in [1.82, 2.24) is 0 Å². The largest absolute Gasteiger partial charge is 0.340 e. The second-order valence-electron chi connectivity index (χ2n) is 17.4. The number of hydrogen-bond donors (Lipinski definition) is 0. The van der Waals surface area contributed by atoms with Crippen LogP contribution in [-0.2, 0) is 48.0 Å². The molecular weight excluding hydrogens is 664 g/mol. The van der Waals surface area contributed by atoms with Gasteiger partial charge < -0.3 is 28.4 Å². The van der Waals surface area contributed by atoms with Gasteiger partial charge in [0.2, 0.25) is 11.6 Å². The molecule has 16 atom stereocenters. The normalized spacial score (nSPS) is 50.0. The van der Waals surface area contributed by atoms with Crippen LogP contribution in [0.25, 0.3) is 0 Å². The number of hydrogen-bond acceptors (Lipinski definition) is 10. The van der Waals surface area contributed by atoms with E-state index in [4.69, 9.17) is 48.0 Å². The van der Waals surface area contributed by atoms with Crippen LogP contribution in [0.5, 0.6) is 0 Å². The van der Waals surface area contributed by atoms with Gasteiger partial charge in [-0.05, 0) is 94.2 Å². The summed E-state index contributed by atoms with van der Waals surface area (Å²) >= 11 is 0. The maximum atomic E-state index is 6.53. The lowest BCUT2D eigenvalue weighted by Crippen LogP contribution is -2.70. The average Bonchev–Trinajstić information content (AvgIpc) is 3.50. The van der Waals surface area contributed by atoms with E-state index in [0.717, 1.165) is 62.5 Å². The van der Waals surface area contributed by atoms with Crippen molar-refractivity contribution in [3.63, 3.8) is 0 Å². The Morgan fingerprint density at radius 1 is 0.615 bits per heavy atom. The van der Waals surface area contributed by atoms with Gasteiger partial charge in [0.25, 0.3) is 0 Å². The van der Waals surface area contributed by atoms with Gasteiger partial charge in [0.05, 0.1) is 0 Å². The maximum absolute atomic E-state index is 6.53. The molecule has 0 unspecified atom stereocenters. The number of fused-ring (bicyclic) bond motifs is 4. The van der Waals surface area contributed by atoms with Crippen LogP contribution >= 0.6 is 0 Å². The molecule has 2 spiro atoms. The maximum Gasteiger partial charge on any atom is 0.201 e. The molecule has 0 amide bonds. The fourth-order valence-electron chi connectivity index (χ4n) is 11.3. The van der Waals surface area contributed by atoms with E-state index in [2.05, 4.69) is 51.4 Å². The minimum Gasteiger partial charge on any atom is -0.340 e. The van der Waals surface area contributed by atoms with E-state index in [1.165, 1.54) is 0 Å². The third-order valence-corrected chi connectivity index (χ3v) is 14.2. The van der Waals surface area contributed by atoms with Gasteiger partial charge in [-0.1, -0.05) is 57.4 Å². The van der Waals surface area contributed by atoms with Crippen molar-refractivity contribution in [3.8, 4) is 23.7 Å². The van der Waals surface area contributed by atoms with E-state index in [9.17, 15) is 0 Å². The van der Waals surface area contributed by atoms with Crippen LogP contribution in [0.15, 0.2) is 24.3 Å². The predicted octanol–water partition coefficient (Wildman–Crippen LogP) is 6.84. The van der Waals surface area contributed by atoms with E-state index < -0.39 is 47.9 Å². The molecule has 1 aromatic rings. The molecular formula is C42H54O10. The van der Waals surface area contributed by atoms with Crippen LogP contribution in [0.4, 0.5) is 0 Å². The molecule has 1 aromatic carbocycles. The van der Waals surface area contributed by atoms with Crippen molar-refractivity contribution in [2.24, 2.45) is 47.3 Å². The van der Waals surface area contributed by atoms with Crippen LogP contribution in [0.2, 0.25) is 0 Å². The van der Waals surface area contributed by atoms with Crippen LogP contribution in [0.3, 0.4) is 0 Å². The molecule has 4 bridgehead atoms. The molecule has 0 radical (unpaired) electrons. The molecule has 10 nitrogen and oxygen atoms in total. The zero-order valence-electron chi connectivity index (χ0n) is 31.4. The molecule has 8 heterocycles. The topological polar surface area (TPSA) is 92.3 Å². The Labute approximate surface area is 308 Å². The van der Waals surface area contributed by atoms with Crippen molar-refractivity contribution >= 4 is 0 Å². The first kappa shape index (κ1) is 35.6. The summed E-state index contributed by atoms with van der Waals surface area (Å²) in [6, 6.07) is 7.92. The lowest BCUT2D eigenvalue weighted by Gasteiger charge is -2.60. The van der Waals surface area contributed by atoms with E-state index in [1.54, 1.807) is 0 Å². The van der Waals surface area contributed by atoms with Gasteiger partial charge in [0.1, 0.15) is 13.2 Å². The summed E-state index contributed by atoms with van der Waals surface area (Å²) in [5.74, 6) is 13.6. The summed E-state index contributed by atoms with van der Waals surface area (Å²) in [6.07, 6.45) is 6.01. The van der Waals surface area contributed by atoms with Crippen LogP contribution < -0.4 is 0 Å². The van der Waals surface area contributed by atoms with E-state index in [1.807, 2.05) is 38.1 Å². The molecule has 0 aromatic heterocycles. The molecule has 282 valence electrons. The van der Waals surface area contributed by atoms with Crippen molar-refractivity contribution < 1.29 is 48.0 Å². The summed E-state index contributed by atoms with van der Waals surface area (Å²) in [4.78, 5) is 24.4. The number of rotatable bonds is 4. The molecule has 10 fully saturated rings. The van der Waals surface area contributed by atoms with Crippen LogP contribution in [-0.4, -0.2) is 61.2 Å². The molecule has 10 aliphatic rings. The molecule has 52 heavy (non-hydrogen) atoms. The second-order valence-corrected chi connectivity index (χ2v) is 17.4. The Morgan fingerprint density at radius 2 is 1.08 bits per heavy atom. The summed E-state index contributed by atoms with van der Waals surface area (Å²) < 4.78 is 38.5. The fraction of sp³-hybridized carbons (Fsp3) is 0.762. The highest BCUT2D eigenvalue weighted by molar-refractivity contribution is 5.43. The van der Waals surface area contributed by atoms with Gasteiger partial charge in [-0.2, -0.15) is 0 Å². The van der Waals surface area contributed by atoms with Crippen LogP contribution in [0.1, 0.15) is 104 Å². The summed E-state index contributed by atoms with van der Waals surface area (Å²) in [6.45, 7) is 13.4. The van der Waals surface area contributed by atoms with Gasteiger partial charge in [-0.25, -0.2) is 19.6 Å². The molecule has 8 aliphatic heterocycles. The minimum absolute atomic E-state index is 0.107. The third-order valence-electron chi connectivity index (χ3n) is 14.2.